The number of benzene rings is 1. The second-order valence-electron chi connectivity index (χ2n) is 4.34. The molecule has 0 fully saturated rings. The van der Waals surface area contributed by atoms with Gasteiger partial charge in [0.15, 0.2) is 5.78 Å². The van der Waals surface area contributed by atoms with Gasteiger partial charge in [0.05, 0.1) is 0 Å². The van der Waals surface area contributed by atoms with E-state index in [9.17, 15) is 14.4 Å². The highest BCUT2D eigenvalue weighted by Crippen LogP contribution is 2.12. The average molecular weight is 263 g/mol. The van der Waals surface area contributed by atoms with Crippen molar-refractivity contribution in [2.45, 2.75) is 26.7 Å². The van der Waals surface area contributed by atoms with Gasteiger partial charge in [0.2, 0.25) is 0 Å². The summed E-state index contributed by atoms with van der Waals surface area (Å²) in [7, 11) is 0. The molecule has 0 saturated carbocycles. The van der Waals surface area contributed by atoms with Gasteiger partial charge in [-0.15, -0.1) is 0 Å². The van der Waals surface area contributed by atoms with Crippen LogP contribution in [-0.2, 0) is 4.79 Å². The van der Waals surface area contributed by atoms with Crippen LogP contribution in [0.25, 0.3) is 0 Å². The molecule has 5 nitrogen and oxygen atoms in total. The van der Waals surface area contributed by atoms with Crippen LogP contribution >= 0.6 is 0 Å². The Morgan fingerprint density at radius 2 is 1.95 bits per heavy atom. The Morgan fingerprint density at radius 3 is 2.53 bits per heavy atom. The Labute approximate surface area is 111 Å². The molecule has 102 valence electrons. The van der Waals surface area contributed by atoms with Crippen LogP contribution in [0.5, 0.6) is 0 Å². The highest BCUT2D eigenvalue weighted by molar-refractivity contribution is 6.00. The lowest BCUT2D eigenvalue weighted by molar-refractivity contribution is -0.137. The van der Waals surface area contributed by atoms with Crippen molar-refractivity contribution in [2.75, 3.05) is 6.54 Å². The molecule has 0 radical (unpaired) electrons. The molecule has 0 aliphatic carbocycles. The molecular formula is C14H17NO4. The van der Waals surface area contributed by atoms with Crippen LogP contribution in [0.15, 0.2) is 18.2 Å². The summed E-state index contributed by atoms with van der Waals surface area (Å²) < 4.78 is 0. The minimum atomic E-state index is -0.886. The molecule has 0 heterocycles. The van der Waals surface area contributed by atoms with Gasteiger partial charge in [-0.2, -0.15) is 0 Å². The molecule has 2 N–H and O–H groups in total. The van der Waals surface area contributed by atoms with E-state index in [1.165, 1.54) is 6.92 Å². The second kappa shape index (κ2) is 6.68. The van der Waals surface area contributed by atoms with Gasteiger partial charge in [-0.05, 0) is 38.0 Å². The normalized spacial score (nSPS) is 10.0. The lowest BCUT2D eigenvalue weighted by Gasteiger charge is -2.07. The molecule has 1 aromatic rings. The van der Waals surface area contributed by atoms with Crippen LogP contribution in [0.4, 0.5) is 0 Å². The van der Waals surface area contributed by atoms with Gasteiger partial charge in [0.25, 0.3) is 5.91 Å². The van der Waals surface area contributed by atoms with Crippen molar-refractivity contribution in [3.8, 4) is 0 Å². The van der Waals surface area contributed by atoms with Gasteiger partial charge in [-0.3, -0.25) is 14.4 Å². The molecular weight excluding hydrogens is 246 g/mol. The van der Waals surface area contributed by atoms with Crippen molar-refractivity contribution in [1.82, 2.24) is 5.32 Å². The summed E-state index contributed by atoms with van der Waals surface area (Å²) in [5.41, 5.74) is 1.76. The maximum absolute atomic E-state index is 11.8. The van der Waals surface area contributed by atoms with E-state index in [0.29, 0.717) is 24.1 Å². The van der Waals surface area contributed by atoms with Gasteiger partial charge in [-0.25, -0.2) is 0 Å². The largest absolute Gasteiger partial charge is 0.481 e. The van der Waals surface area contributed by atoms with Crippen molar-refractivity contribution in [3.63, 3.8) is 0 Å². The third kappa shape index (κ3) is 4.54. The Bertz CT molecular complexity index is 508. The Morgan fingerprint density at radius 1 is 1.26 bits per heavy atom. The molecule has 0 aliphatic rings. The van der Waals surface area contributed by atoms with E-state index < -0.39 is 5.97 Å². The van der Waals surface area contributed by atoms with Crippen molar-refractivity contribution in [2.24, 2.45) is 0 Å². The number of nitrogens with one attached hydrogen (secondary N) is 1. The second-order valence-corrected chi connectivity index (χ2v) is 4.34. The molecule has 0 aromatic heterocycles. The topological polar surface area (TPSA) is 83.5 Å². The minimum Gasteiger partial charge on any atom is -0.481 e. The zero-order valence-electron chi connectivity index (χ0n) is 11.0. The number of amides is 1. The number of hydrogen-bond donors (Lipinski definition) is 2. The Hall–Kier alpha value is -2.17. The van der Waals surface area contributed by atoms with Crippen LogP contribution in [0.1, 0.15) is 46.0 Å². The summed E-state index contributed by atoms with van der Waals surface area (Å²) in [5, 5.41) is 11.1. The summed E-state index contributed by atoms with van der Waals surface area (Å²) >= 11 is 0. The quantitative estimate of drug-likeness (QED) is 0.605. The first-order valence-electron chi connectivity index (χ1n) is 6.03. The molecule has 1 rings (SSSR count). The number of carbonyl (C=O) groups excluding carboxylic acids is 2. The van der Waals surface area contributed by atoms with Gasteiger partial charge in [0.1, 0.15) is 0 Å². The first kappa shape index (κ1) is 14.9. The third-order valence-electron chi connectivity index (χ3n) is 2.73. The van der Waals surface area contributed by atoms with Crippen LogP contribution < -0.4 is 5.32 Å². The van der Waals surface area contributed by atoms with Crippen LogP contribution in [0, 0.1) is 6.92 Å². The zero-order valence-corrected chi connectivity index (χ0v) is 11.0. The molecule has 5 heteroatoms. The predicted molar refractivity (Wildman–Crippen MR) is 70.4 cm³/mol. The Balaban J connectivity index is 2.65. The summed E-state index contributed by atoms with van der Waals surface area (Å²) in [5.74, 6) is -1.27. The van der Waals surface area contributed by atoms with Crippen molar-refractivity contribution >= 4 is 17.7 Å². The van der Waals surface area contributed by atoms with E-state index in [-0.39, 0.29) is 18.1 Å². The summed E-state index contributed by atoms with van der Waals surface area (Å²) in [6.07, 6.45) is 0.402. The van der Waals surface area contributed by atoms with E-state index in [1.54, 1.807) is 18.2 Å². The average Bonchev–Trinajstić information content (AvgIpc) is 2.34. The SMILES string of the molecule is CC(=O)c1cc(C(=O)NCCCC(=O)O)ccc1C. The van der Waals surface area contributed by atoms with Crippen molar-refractivity contribution in [1.29, 1.82) is 0 Å². The fraction of sp³-hybridized carbons (Fsp3) is 0.357. The fourth-order valence-corrected chi connectivity index (χ4v) is 1.69. The molecule has 0 atom stereocenters. The standard InChI is InChI=1S/C14H17NO4/c1-9-5-6-11(8-12(9)10(2)16)14(19)15-7-3-4-13(17)18/h5-6,8H,3-4,7H2,1-2H3,(H,15,19)(H,17,18). The van der Waals surface area contributed by atoms with Gasteiger partial charge in [-0.1, -0.05) is 6.07 Å². The summed E-state index contributed by atoms with van der Waals surface area (Å²) in [6, 6.07) is 4.93. The number of rotatable bonds is 6. The highest BCUT2D eigenvalue weighted by Gasteiger charge is 2.10. The van der Waals surface area contributed by atoms with Crippen LogP contribution in [0.2, 0.25) is 0 Å². The lowest BCUT2D eigenvalue weighted by Crippen LogP contribution is -2.25. The molecule has 1 aromatic carbocycles. The first-order chi connectivity index (χ1) is 8.91. The maximum atomic E-state index is 11.8. The number of carboxylic acid groups (broad SMARTS) is 1. The molecule has 19 heavy (non-hydrogen) atoms. The molecule has 0 saturated heterocycles. The summed E-state index contributed by atoms with van der Waals surface area (Å²) in [6.45, 7) is 3.57. The number of ketones is 1. The van der Waals surface area contributed by atoms with Gasteiger partial charge < -0.3 is 10.4 Å². The number of carbonyl (C=O) groups is 3. The number of Topliss-reactive ketones (excluding diaryl/α,β-unsaturated/α-hetero) is 1. The van der Waals surface area contributed by atoms with E-state index in [1.807, 2.05) is 6.92 Å². The molecule has 0 bridgehead atoms. The van der Waals surface area contributed by atoms with E-state index >= 15 is 0 Å². The predicted octanol–water partition coefficient (Wildman–Crippen LogP) is 1.79. The number of aliphatic carboxylic acids is 1. The zero-order chi connectivity index (χ0) is 14.4. The number of carboxylic acids is 1. The molecule has 0 unspecified atom stereocenters. The van der Waals surface area contributed by atoms with Crippen molar-refractivity contribution < 1.29 is 19.5 Å². The van der Waals surface area contributed by atoms with E-state index in [0.717, 1.165) is 5.56 Å². The van der Waals surface area contributed by atoms with Crippen LogP contribution in [0.3, 0.4) is 0 Å². The summed E-state index contributed by atoms with van der Waals surface area (Å²) in [4.78, 5) is 33.5. The monoisotopic (exact) mass is 263 g/mol. The highest BCUT2D eigenvalue weighted by atomic mass is 16.4. The minimum absolute atomic E-state index is 0.0207. The molecule has 0 aliphatic heterocycles. The Kier molecular flexibility index (Phi) is 5.23. The van der Waals surface area contributed by atoms with E-state index in [4.69, 9.17) is 5.11 Å². The molecule has 1 amide bonds. The lowest BCUT2D eigenvalue weighted by atomic mass is 10.0. The number of hydrogen-bond acceptors (Lipinski definition) is 3. The fourth-order valence-electron chi connectivity index (χ4n) is 1.69. The van der Waals surface area contributed by atoms with Crippen molar-refractivity contribution in [3.05, 3.63) is 34.9 Å². The maximum Gasteiger partial charge on any atom is 0.303 e. The van der Waals surface area contributed by atoms with Gasteiger partial charge in [0, 0.05) is 24.1 Å². The third-order valence-corrected chi connectivity index (χ3v) is 2.73. The van der Waals surface area contributed by atoms with Crippen LogP contribution in [-0.4, -0.2) is 29.3 Å². The first-order valence-corrected chi connectivity index (χ1v) is 6.03. The molecule has 0 spiro atoms. The van der Waals surface area contributed by atoms with E-state index in [2.05, 4.69) is 5.32 Å². The number of aryl methyl sites for hydroxylation is 1. The van der Waals surface area contributed by atoms with Gasteiger partial charge >= 0.3 is 5.97 Å². The smallest absolute Gasteiger partial charge is 0.303 e.